The van der Waals surface area contributed by atoms with Crippen molar-refractivity contribution in [2.75, 3.05) is 40.9 Å². The summed E-state index contributed by atoms with van der Waals surface area (Å²) in [5.74, 6) is -0.584. The molecule has 1 amide bonds. The molecule has 0 aromatic heterocycles. The highest BCUT2D eigenvalue weighted by Crippen LogP contribution is 2.38. The lowest BCUT2D eigenvalue weighted by Gasteiger charge is -2.30. The number of carbonyl (C=O) groups excluding carboxylic acids is 2. The summed E-state index contributed by atoms with van der Waals surface area (Å²) in [6, 6.07) is -0.910. The minimum absolute atomic E-state index is 0.0343. The molecule has 0 rings (SSSR count). The zero-order chi connectivity index (χ0) is 54.3. The zero-order valence-electron chi connectivity index (χ0n) is 48.3. The molecular formula is C64H111N2O7P. The number of nitrogens with one attached hydrogen (secondary N) is 1. The quantitative estimate of drug-likeness (QED) is 0.0161. The molecule has 0 aromatic rings. The van der Waals surface area contributed by atoms with Gasteiger partial charge in [-0.1, -0.05) is 233 Å². The lowest BCUT2D eigenvalue weighted by molar-refractivity contribution is -0.870. The Balaban J connectivity index is 5.34. The van der Waals surface area contributed by atoms with Gasteiger partial charge in [-0.25, -0.2) is 0 Å². The molecule has 10 heteroatoms. The molecule has 0 aromatic carbocycles. The van der Waals surface area contributed by atoms with Gasteiger partial charge in [0.05, 0.1) is 33.8 Å². The second-order valence-electron chi connectivity index (χ2n) is 20.8. The minimum atomic E-state index is -4.71. The number of hydrogen-bond acceptors (Lipinski definition) is 7. The standard InChI is InChI=1S/C64H111N2O7P/c1-7-10-13-16-19-22-25-28-30-31-32-33-34-35-37-38-41-44-47-50-53-56-63(67)65-61(60-72-74(69,70)71-59-58-66(4,5)6)62(55-52-49-46-43-40-27-24-21-18-15-12-9-3)73-64(68)57-54-51-48-45-42-39-36-29-26-23-20-17-14-11-8-2/h10-11,13-14,17,19-20,22-23,26,28,30,32-33,35,37,52,55,61-62H,7-9,12,15-16,18,21,24-25,27,29,31,34,36,38-51,53-54,56-60H2,1-6H3,(H-,65,67,69,70)/b13-10-,14-11+,20-17+,22-19-,26-23+,30-28-,33-32-,37-35-,55-52-. The van der Waals surface area contributed by atoms with E-state index in [4.69, 9.17) is 13.8 Å². The van der Waals surface area contributed by atoms with Crippen LogP contribution in [-0.4, -0.2) is 69.4 Å². The predicted molar refractivity (Wildman–Crippen MR) is 316 cm³/mol. The Morgan fingerprint density at radius 3 is 1.45 bits per heavy atom. The third kappa shape index (κ3) is 53.5. The number of allylic oxidation sites excluding steroid dienone is 17. The van der Waals surface area contributed by atoms with Crippen molar-refractivity contribution in [2.24, 2.45) is 0 Å². The minimum Gasteiger partial charge on any atom is -0.756 e. The van der Waals surface area contributed by atoms with Gasteiger partial charge in [0.15, 0.2) is 0 Å². The number of amides is 1. The molecule has 0 spiro atoms. The number of phosphoric acid groups is 1. The topological polar surface area (TPSA) is 114 Å². The number of hydrogen-bond donors (Lipinski definition) is 1. The Morgan fingerprint density at radius 1 is 0.500 bits per heavy atom. The molecule has 0 saturated heterocycles. The smallest absolute Gasteiger partial charge is 0.306 e. The van der Waals surface area contributed by atoms with Gasteiger partial charge in [0.2, 0.25) is 5.91 Å². The number of rotatable bonds is 52. The van der Waals surface area contributed by atoms with Gasteiger partial charge >= 0.3 is 5.97 Å². The van der Waals surface area contributed by atoms with Gasteiger partial charge < -0.3 is 28.5 Å². The normalized spacial score (nSPS) is 14.5. The van der Waals surface area contributed by atoms with Gasteiger partial charge in [0, 0.05) is 12.8 Å². The summed E-state index contributed by atoms with van der Waals surface area (Å²) in [6.45, 7) is 6.56. The van der Waals surface area contributed by atoms with E-state index in [0.29, 0.717) is 23.9 Å². The molecular weight excluding hydrogens is 940 g/mol. The first-order valence-electron chi connectivity index (χ1n) is 29.7. The van der Waals surface area contributed by atoms with Crippen LogP contribution >= 0.6 is 7.82 Å². The van der Waals surface area contributed by atoms with Gasteiger partial charge in [-0.3, -0.25) is 14.2 Å². The number of nitrogens with zero attached hydrogens (tertiary/aromatic N) is 1. The Kier molecular flexibility index (Phi) is 50.7. The number of carbonyl (C=O) groups is 2. The van der Waals surface area contributed by atoms with E-state index < -0.39 is 26.6 Å². The number of phosphoric ester groups is 1. The molecule has 0 aliphatic rings. The maximum Gasteiger partial charge on any atom is 0.306 e. The van der Waals surface area contributed by atoms with Crippen molar-refractivity contribution in [3.63, 3.8) is 0 Å². The van der Waals surface area contributed by atoms with Crippen molar-refractivity contribution in [1.29, 1.82) is 0 Å². The van der Waals surface area contributed by atoms with Crippen LogP contribution in [0.1, 0.15) is 233 Å². The average molecular weight is 1050 g/mol. The van der Waals surface area contributed by atoms with Crippen molar-refractivity contribution in [3.05, 3.63) is 109 Å². The molecule has 1 N–H and O–H groups in total. The summed E-state index contributed by atoms with van der Waals surface area (Å²) in [5, 5.41) is 3.01. The second kappa shape index (κ2) is 53.1. The van der Waals surface area contributed by atoms with Crippen LogP contribution in [0.15, 0.2) is 109 Å². The van der Waals surface area contributed by atoms with E-state index in [-0.39, 0.29) is 31.3 Å². The Hall–Kier alpha value is -3.33. The molecule has 0 aliphatic heterocycles. The summed E-state index contributed by atoms with van der Waals surface area (Å²) in [6.07, 6.45) is 71.9. The molecule has 0 aliphatic carbocycles. The maximum absolute atomic E-state index is 13.5. The number of ether oxygens (including phenoxy) is 1. The van der Waals surface area contributed by atoms with E-state index in [1.807, 2.05) is 33.3 Å². The average Bonchev–Trinajstić information content (AvgIpc) is 3.36. The molecule has 0 fully saturated rings. The SMILES string of the molecule is CC/C=C\C/C=C\C/C=C\C/C=C\C/C=C\CCCCCCCC(=O)NC(COP(=O)([O-])OCC[N+](C)(C)C)C(/C=C\CCCCCCCCCCCC)OC(=O)CCCCCCCCC/C=C/C=C/C=C/CC. The Labute approximate surface area is 455 Å². The van der Waals surface area contributed by atoms with E-state index in [0.717, 1.165) is 116 Å². The van der Waals surface area contributed by atoms with Gasteiger partial charge in [0.1, 0.15) is 19.3 Å². The highest BCUT2D eigenvalue weighted by Gasteiger charge is 2.27. The number of unbranched alkanes of at least 4 members (excludes halogenated alkanes) is 22. The summed E-state index contributed by atoms with van der Waals surface area (Å²) in [7, 11) is 1.15. The summed E-state index contributed by atoms with van der Waals surface area (Å²) < 4.78 is 30.2. The lowest BCUT2D eigenvalue weighted by atomic mass is 10.0. The third-order valence-electron chi connectivity index (χ3n) is 12.5. The van der Waals surface area contributed by atoms with E-state index in [2.05, 4.69) is 123 Å². The van der Waals surface area contributed by atoms with Crippen molar-refractivity contribution < 1.29 is 37.3 Å². The summed E-state index contributed by atoms with van der Waals surface area (Å²) in [4.78, 5) is 39.9. The number of esters is 1. The maximum atomic E-state index is 13.5. The van der Waals surface area contributed by atoms with Gasteiger partial charge in [0.25, 0.3) is 7.82 Å². The molecule has 0 heterocycles. The van der Waals surface area contributed by atoms with Crippen LogP contribution in [0.5, 0.6) is 0 Å². The monoisotopic (exact) mass is 1050 g/mol. The van der Waals surface area contributed by atoms with Crippen molar-refractivity contribution in [1.82, 2.24) is 5.32 Å². The zero-order valence-corrected chi connectivity index (χ0v) is 49.1. The van der Waals surface area contributed by atoms with Crippen LogP contribution in [0, 0.1) is 0 Å². The molecule has 0 radical (unpaired) electrons. The highest BCUT2D eigenvalue weighted by molar-refractivity contribution is 7.45. The van der Waals surface area contributed by atoms with E-state index in [9.17, 15) is 19.0 Å². The number of quaternary nitrogens is 1. The number of likely N-dealkylation sites (N-methyl/N-ethyl adjacent to an activating group) is 1. The molecule has 0 bridgehead atoms. The predicted octanol–water partition coefficient (Wildman–Crippen LogP) is 17.5. The molecule has 3 unspecified atom stereocenters. The van der Waals surface area contributed by atoms with Crippen LogP contribution in [0.4, 0.5) is 0 Å². The van der Waals surface area contributed by atoms with Crippen LogP contribution in [0.3, 0.4) is 0 Å². The van der Waals surface area contributed by atoms with Crippen LogP contribution in [0.2, 0.25) is 0 Å². The van der Waals surface area contributed by atoms with Crippen LogP contribution < -0.4 is 10.2 Å². The fraction of sp³-hybridized carbons (Fsp3) is 0.688. The molecule has 3 atom stereocenters. The van der Waals surface area contributed by atoms with Crippen LogP contribution in [0.25, 0.3) is 0 Å². The van der Waals surface area contributed by atoms with Crippen molar-refractivity contribution in [2.45, 2.75) is 245 Å². The summed E-state index contributed by atoms with van der Waals surface area (Å²) in [5.41, 5.74) is 0. The largest absolute Gasteiger partial charge is 0.756 e. The lowest BCUT2D eigenvalue weighted by Crippen LogP contribution is -2.47. The Morgan fingerprint density at radius 2 is 0.932 bits per heavy atom. The molecule has 424 valence electrons. The van der Waals surface area contributed by atoms with Crippen LogP contribution in [-0.2, 0) is 27.9 Å². The van der Waals surface area contributed by atoms with E-state index >= 15 is 0 Å². The second-order valence-corrected chi connectivity index (χ2v) is 22.2. The fourth-order valence-electron chi connectivity index (χ4n) is 7.96. The Bertz CT molecular complexity index is 1640. The third-order valence-corrected chi connectivity index (χ3v) is 13.5. The molecule has 0 saturated carbocycles. The molecule has 74 heavy (non-hydrogen) atoms. The first-order valence-corrected chi connectivity index (χ1v) is 31.2. The first-order chi connectivity index (χ1) is 35.9. The van der Waals surface area contributed by atoms with Gasteiger partial charge in [-0.2, -0.15) is 0 Å². The highest BCUT2D eigenvalue weighted by atomic mass is 31.2. The first kappa shape index (κ1) is 70.7. The summed E-state index contributed by atoms with van der Waals surface area (Å²) >= 11 is 0. The van der Waals surface area contributed by atoms with Gasteiger partial charge in [-0.15, -0.1) is 0 Å². The van der Waals surface area contributed by atoms with E-state index in [1.165, 1.54) is 70.6 Å². The van der Waals surface area contributed by atoms with Gasteiger partial charge in [-0.05, 0) is 96.0 Å². The molecule has 9 nitrogen and oxygen atoms in total. The van der Waals surface area contributed by atoms with E-state index in [1.54, 1.807) is 0 Å². The van der Waals surface area contributed by atoms with Crippen molar-refractivity contribution >= 4 is 19.7 Å². The van der Waals surface area contributed by atoms with Crippen molar-refractivity contribution in [3.8, 4) is 0 Å². The fourth-order valence-corrected chi connectivity index (χ4v) is 8.68.